The molecule has 5 nitrogen and oxygen atoms in total. The zero-order chi connectivity index (χ0) is 20.9. The maximum atomic E-state index is 13.1. The lowest BCUT2D eigenvalue weighted by Gasteiger charge is -2.26. The largest absolute Gasteiger partial charge is 0.451 e. The predicted molar refractivity (Wildman–Crippen MR) is 116 cm³/mol. The quantitative estimate of drug-likeness (QED) is 0.657. The molecule has 1 aliphatic rings. The summed E-state index contributed by atoms with van der Waals surface area (Å²) in [6, 6.07) is 16.4. The van der Waals surface area contributed by atoms with Gasteiger partial charge in [0, 0.05) is 35.8 Å². The van der Waals surface area contributed by atoms with Gasteiger partial charge in [0.2, 0.25) is 5.91 Å². The molecule has 4 rings (SSSR count). The van der Waals surface area contributed by atoms with Gasteiger partial charge in [-0.15, -0.1) is 0 Å². The third-order valence-electron chi connectivity index (χ3n) is 4.89. The van der Waals surface area contributed by atoms with Gasteiger partial charge in [-0.25, -0.2) is 4.39 Å². The molecule has 1 fully saturated rings. The van der Waals surface area contributed by atoms with Crippen molar-refractivity contribution in [1.82, 2.24) is 4.90 Å². The number of rotatable bonds is 5. The van der Waals surface area contributed by atoms with Gasteiger partial charge in [-0.3, -0.25) is 9.59 Å². The molecule has 2 heterocycles. The average Bonchev–Trinajstić information content (AvgIpc) is 3.27. The summed E-state index contributed by atoms with van der Waals surface area (Å²) < 4.78 is 18.7. The van der Waals surface area contributed by atoms with Crippen LogP contribution in [0.2, 0.25) is 0 Å². The van der Waals surface area contributed by atoms with E-state index in [2.05, 4.69) is 5.32 Å². The number of nitrogens with zero attached hydrogens (tertiary/aromatic N) is 1. The number of anilines is 1. The maximum absolute atomic E-state index is 13.1. The molecule has 3 aromatic rings. The van der Waals surface area contributed by atoms with Crippen molar-refractivity contribution in [2.75, 3.05) is 29.9 Å². The summed E-state index contributed by atoms with van der Waals surface area (Å²) in [6.45, 7) is 1.61. The first-order chi connectivity index (χ1) is 14.6. The van der Waals surface area contributed by atoms with E-state index in [1.807, 2.05) is 28.8 Å². The van der Waals surface area contributed by atoms with Crippen LogP contribution in [-0.2, 0) is 11.2 Å². The fourth-order valence-corrected chi connectivity index (χ4v) is 4.13. The van der Waals surface area contributed by atoms with Gasteiger partial charge in [-0.2, -0.15) is 11.8 Å². The Balaban J connectivity index is 1.35. The molecule has 0 spiro atoms. The molecule has 1 N–H and O–H groups in total. The van der Waals surface area contributed by atoms with Gasteiger partial charge < -0.3 is 14.6 Å². The highest BCUT2D eigenvalue weighted by molar-refractivity contribution is 7.99. The van der Waals surface area contributed by atoms with E-state index in [1.165, 1.54) is 12.1 Å². The minimum Gasteiger partial charge on any atom is -0.451 e. The van der Waals surface area contributed by atoms with Gasteiger partial charge in [0.25, 0.3) is 5.91 Å². The number of carbonyl (C=O) groups excluding carboxylic acids is 2. The highest BCUT2D eigenvalue weighted by Crippen LogP contribution is 2.23. The van der Waals surface area contributed by atoms with Crippen molar-refractivity contribution in [3.63, 3.8) is 0 Å². The summed E-state index contributed by atoms with van der Waals surface area (Å²) >= 11 is 1.87. The second-order valence-corrected chi connectivity index (χ2v) is 8.22. The van der Waals surface area contributed by atoms with Crippen LogP contribution in [0.3, 0.4) is 0 Å². The van der Waals surface area contributed by atoms with Crippen LogP contribution >= 0.6 is 11.8 Å². The summed E-state index contributed by atoms with van der Waals surface area (Å²) in [4.78, 5) is 26.7. The lowest BCUT2D eigenvalue weighted by atomic mass is 10.1. The second kappa shape index (κ2) is 9.17. The SMILES string of the molecule is O=C(Nc1ccc(CC(=O)N2CCSCC2)cc1)c1ccc(-c2ccc(F)cc2)o1. The predicted octanol–water partition coefficient (Wildman–Crippen LogP) is 4.46. The summed E-state index contributed by atoms with van der Waals surface area (Å²) in [5.74, 6) is 2.07. The average molecular weight is 424 g/mol. The normalized spacial score (nSPS) is 13.8. The van der Waals surface area contributed by atoms with E-state index in [0.717, 1.165) is 30.2 Å². The number of amides is 2. The third kappa shape index (κ3) is 4.91. The van der Waals surface area contributed by atoms with Gasteiger partial charge in [0.05, 0.1) is 6.42 Å². The molecular formula is C23H21FN2O3S. The van der Waals surface area contributed by atoms with Crippen molar-refractivity contribution < 1.29 is 18.4 Å². The first-order valence-corrected chi connectivity index (χ1v) is 10.9. The van der Waals surface area contributed by atoms with Crippen LogP contribution in [0, 0.1) is 5.82 Å². The summed E-state index contributed by atoms with van der Waals surface area (Å²) in [7, 11) is 0. The molecule has 154 valence electrons. The molecule has 2 aromatic carbocycles. The molecule has 7 heteroatoms. The van der Waals surface area contributed by atoms with Gasteiger partial charge in [-0.1, -0.05) is 12.1 Å². The number of furan rings is 1. The summed E-state index contributed by atoms with van der Waals surface area (Å²) in [6.07, 6.45) is 0.359. The number of benzene rings is 2. The molecule has 0 unspecified atom stereocenters. The van der Waals surface area contributed by atoms with Crippen molar-refractivity contribution in [1.29, 1.82) is 0 Å². The second-order valence-electron chi connectivity index (χ2n) is 6.99. The van der Waals surface area contributed by atoms with Crippen LogP contribution in [-0.4, -0.2) is 41.3 Å². The first-order valence-electron chi connectivity index (χ1n) is 9.70. The number of nitrogens with one attached hydrogen (secondary N) is 1. The third-order valence-corrected chi connectivity index (χ3v) is 5.83. The lowest BCUT2D eigenvalue weighted by molar-refractivity contribution is -0.130. The Morgan fingerprint density at radius 2 is 1.67 bits per heavy atom. The molecule has 0 aliphatic carbocycles. The van der Waals surface area contributed by atoms with Crippen LogP contribution in [0.4, 0.5) is 10.1 Å². The van der Waals surface area contributed by atoms with Gasteiger partial charge >= 0.3 is 0 Å². The van der Waals surface area contributed by atoms with E-state index in [4.69, 9.17) is 4.42 Å². The monoisotopic (exact) mass is 424 g/mol. The van der Waals surface area contributed by atoms with Gasteiger partial charge in [0.15, 0.2) is 5.76 Å². The van der Waals surface area contributed by atoms with Crippen molar-refractivity contribution in [2.24, 2.45) is 0 Å². The first kappa shape index (κ1) is 20.2. The van der Waals surface area contributed by atoms with Crippen LogP contribution in [0.25, 0.3) is 11.3 Å². The number of halogens is 1. The minimum absolute atomic E-state index is 0.135. The van der Waals surface area contributed by atoms with E-state index < -0.39 is 0 Å². The number of hydrogen-bond donors (Lipinski definition) is 1. The van der Waals surface area contributed by atoms with E-state index in [-0.39, 0.29) is 23.4 Å². The molecule has 1 aliphatic heterocycles. The number of thioether (sulfide) groups is 1. The summed E-state index contributed by atoms with van der Waals surface area (Å²) in [5, 5.41) is 2.79. The fourth-order valence-electron chi connectivity index (χ4n) is 3.23. The molecule has 1 aromatic heterocycles. The summed E-state index contributed by atoms with van der Waals surface area (Å²) in [5.41, 5.74) is 2.22. The van der Waals surface area contributed by atoms with Crippen LogP contribution in [0.15, 0.2) is 65.1 Å². The molecule has 30 heavy (non-hydrogen) atoms. The van der Waals surface area contributed by atoms with E-state index in [1.54, 1.807) is 36.4 Å². The molecular weight excluding hydrogens is 403 g/mol. The van der Waals surface area contributed by atoms with Gasteiger partial charge in [-0.05, 0) is 54.1 Å². The molecule has 0 bridgehead atoms. The van der Waals surface area contributed by atoms with Crippen molar-refractivity contribution in [2.45, 2.75) is 6.42 Å². The molecule has 1 saturated heterocycles. The van der Waals surface area contributed by atoms with Crippen LogP contribution in [0.5, 0.6) is 0 Å². The smallest absolute Gasteiger partial charge is 0.291 e. The lowest BCUT2D eigenvalue weighted by Crippen LogP contribution is -2.38. The van der Waals surface area contributed by atoms with Crippen LogP contribution < -0.4 is 5.32 Å². The zero-order valence-corrected chi connectivity index (χ0v) is 17.1. The minimum atomic E-state index is -0.377. The Bertz CT molecular complexity index is 1030. The standard InChI is InChI=1S/C23H21FN2O3S/c24-18-5-3-17(4-6-18)20-9-10-21(29-20)23(28)25-19-7-1-16(2-8-19)15-22(27)26-11-13-30-14-12-26/h1-10H,11-15H2,(H,25,28). The van der Waals surface area contributed by atoms with Crippen molar-refractivity contribution in [3.05, 3.63) is 77.8 Å². The van der Waals surface area contributed by atoms with Crippen LogP contribution in [0.1, 0.15) is 16.1 Å². The molecule has 0 saturated carbocycles. The Hall–Kier alpha value is -3.06. The molecule has 0 radical (unpaired) electrons. The Morgan fingerprint density at radius 1 is 0.967 bits per heavy atom. The highest BCUT2D eigenvalue weighted by atomic mass is 32.2. The Kier molecular flexibility index (Phi) is 6.18. The molecule has 0 atom stereocenters. The number of hydrogen-bond acceptors (Lipinski definition) is 4. The van der Waals surface area contributed by atoms with Gasteiger partial charge in [0.1, 0.15) is 11.6 Å². The number of carbonyl (C=O) groups is 2. The van der Waals surface area contributed by atoms with Crippen molar-refractivity contribution >= 4 is 29.3 Å². The highest BCUT2D eigenvalue weighted by Gasteiger charge is 2.17. The fraction of sp³-hybridized carbons (Fsp3) is 0.217. The Morgan fingerprint density at radius 3 is 2.37 bits per heavy atom. The maximum Gasteiger partial charge on any atom is 0.291 e. The van der Waals surface area contributed by atoms with Crippen molar-refractivity contribution in [3.8, 4) is 11.3 Å². The van der Waals surface area contributed by atoms with E-state index in [9.17, 15) is 14.0 Å². The molecule has 2 amide bonds. The zero-order valence-electron chi connectivity index (χ0n) is 16.3. The Labute approximate surface area is 178 Å². The van der Waals surface area contributed by atoms with E-state index in [0.29, 0.717) is 23.4 Å². The van der Waals surface area contributed by atoms with E-state index >= 15 is 0 Å². The topological polar surface area (TPSA) is 62.6 Å².